The summed E-state index contributed by atoms with van der Waals surface area (Å²) in [7, 11) is 3.69. The third-order valence-electron chi connectivity index (χ3n) is 4.29. The van der Waals surface area contributed by atoms with Crippen LogP contribution in [0.15, 0.2) is 39.9 Å². The maximum atomic E-state index is 13.9. The van der Waals surface area contributed by atoms with Gasteiger partial charge in [0.15, 0.2) is 0 Å². The zero-order valence-corrected chi connectivity index (χ0v) is 17.7. The molecule has 0 atom stereocenters. The minimum Gasteiger partial charge on any atom is -0.487 e. The van der Waals surface area contributed by atoms with E-state index >= 15 is 0 Å². The second-order valence-corrected chi connectivity index (χ2v) is 7.48. The fourth-order valence-corrected chi connectivity index (χ4v) is 3.19. The number of aromatic amines is 1. The van der Waals surface area contributed by atoms with Crippen LogP contribution in [-0.4, -0.2) is 29.0 Å². The van der Waals surface area contributed by atoms with Gasteiger partial charge in [0.25, 0.3) is 5.56 Å². The predicted octanol–water partition coefficient (Wildman–Crippen LogP) is 3.75. The number of nitrogens with zero attached hydrogens (tertiary/aromatic N) is 3. The van der Waals surface area contributed by atoms with Crippen molar-refractivity contribution in [3.63, 3.8) is 0 Å². The molecule has 0 bridgehead atoms. The van der Waals surface area contributed by atoms with Crippen LogP contribution < -0.4 is 15.2 Å². The van der Waals surface area contributed by atoms with Gasteiger partial charge < -0.3 is 14.6 Å². The van der Waals surface area contributed by atoms with Crippen molar-refractivity contribution in [2.75, 3.05) is 19.0 Å². The highest BCUT2D eigenvalue weighted by Gasteiger charge is 2.17. The number of pyridine rings is 1. The number of hydrogen-bond acceptors (Lipinski definition) is 5. The van der Waals surface area contributed by atoms with E-state index < -0.39 is 11.6 Å². The Bertz CT molecular complexity index is 1090. The first-order valence-electron chi connectivity index (χ1n) is 8.72. The molecule has 29 heavy (non-hydrogen) atoms. The van der Waals surface area contributed by atoms with Gasteiger partial charge in [0, 0.05) is 55.8 Å². The number of H-pyrrole nitrogens is 1. The van der Waals surface area contributed by atoms with Gasteiger partial charge in [0.1, 0.15) is 28.5 Å². The van der Waals surface area contributed by atoms with Gasteiger partial charge >= 0.3 is 0 Å². The van der Waals surface area contributed by atoms with Crippen LogP contribution in [0.2, 0.25) is 0 Å². The zero-order chi connectivity index (χ0) is 21.1. The lowest BCUT2D eigenvalue weighted by atomic mass is 10.1. The molecule has 0 aliphatic rings. The van der Waals surface area contributed by atoms with Crippen LogP contribution in [0.3, 0.4) is 0 Å². The van der Waals surface area contributed by atoms with Crippen molar-refractivity contribution < 1.29 is 13.5 Å². The Hall–Kier alpha value is -2.81. The quantitative estimate of drug-likeness (QED) is 0.601. The van der Waals surface area contributed by atoms with Crippen LogP contribution >= 0.6 is 15.9 Å². The summed E-state index contributed by atoms with van der Waals surface area (Å²) in [6.07, 6.45) is 3.80. The van der Waals surface area contributed by atoms with E-state index in [4.69, 9.17) is 4.74 Å². The van der Waals surface area contributed by atoms with Gasteiger partial charge in [0.2, 0.25) is 5.95 Å². The predicted molar refractivity (Wildman–Crippen MR) is 109 cm³/mol. The molecule has 9 heteroatoms. The fourth-order valence-electron chi connectivity index (χ4n) is 2.73. The van der Waals surface area contributed by atoms with E-state index in [1.54, 1.807) is 24.2 Å². The van der Waals surface area contributed by atoms with Crippen molar-refractivity contribution in [3.05, 3.63) is 79.4 Å². The lowest BCUT2D eigenvalue weighted by molar-refractivity contribution is 0.293. The minimum absolute atomic E-state index is 0.156. The van der Waals surface area contributed by atoms with Crippen LogP contribution in [0, 0.1) is 18.6 Å². The van der Waals surface area contributed by atoms with Crippen molar-refractivity contribution in [3.8, 4) is 5.75 Å². The number of ether oxygens (including phenoxy) is 1. The first-order chi connectivity index (χ1) is 13.8. The molecule has 0 fully saturated rings. The number of anilines is 1. The van der Waals surface area contributed by atoms with E-state index in [9.17, 15) is 13.6 Å². The van der Waals surface area contributed by atoms with Gasteiger partial charge in [-0.3, -0.25) is 4.79 Å². The lowest BCUT2D eigenvalue weighted by Crippen LogP contribution is -2.15. The van der Waals surface area contributed by atoms with Gasteiger partial charge in [-0.15, -0.1) is 0 Å². The van der Waals surface area contributed by atoms with Crippen molar-refractivity contribution >= 4 is 21.9 Å². The topological polar surface area (TPSA) is 71.1 Å². The first kappa shape index (κ1) is 20.9. The summed E-state index contributed by atoms with van der Waals surface area (Å²) in [6, 6.07) is 3.26. The van der Waals surface area contributed by atoms with Crippen molar-refractivity contribution in [1.29, 1.82) is 0 Å². The number of aromatic nitrogens is 3. The highest BCUT2D eigenvalue weighted by Crippen LogP contribution is 2.30. The SMILES string of the molecule is Cc1[nH]c(=O)c(Br)c(OCc2ccc(F)cc2F)c1Cc1cnc(N(C)C)nc1. The van der Waals surface area contributed by atoms with Gasteiger partial charge in [-0.25, -0.2) is 18.7 Å². The van der Waals surface area contributed by atoms with Gasteiger partial charge in [-0.05, 0) is 40.5 Å². The molecule has 0 unspecified atom stereocenters. The molecule has 0 amide bonds. The average Bonchev–Trinajstić information content (AvgIpc) is 2.67. The fraction of sp³-hybridized carbons (Fsp3) is 0.250. The van der Waals surface area contributed by atoms with E-state index in [1.807, 2.05) is 14.1 Å². The smallest absolute Gasteiger partial charge is 0.266 e. The van der Waals surface area contributed by atoms with Crippen LogP contribution in [-0.2, 0) is 13.0 Å². The normalized spacial score (nSPS) is 10.8. The molecule has 3 aromatic rings. The zero-order valence-electron chi connectivity index (χ0n) is 16.1. The van der Waals surface area contributed by atoms with E-state index in [0.29, 0.717) is 29.4 Å². The molecule has 2 aromatic heterocycles. The molecule has 0 aliphatic heterocycles. The van der Waals surface area contributed by atoms with Crippen molar-refractivity contribution in [2.45, 2.75) is 20.0 Å². The molecule has 0 radical (unpaired) electrons. The summed E-state index contributed by atoms with van der Waals surface area (Å²) in [5.74, 6) is -0.499. The third-order valence-corrected chi connectivity index (χ3v) is 5.01. The van der Waals surface area contributed by atoms with Gasteiger partial charge in [0.05, 0.1) is 0 Å². The molecule has 0 aliphatic carbocycles. The Kier molecular flexibility index (Phi) is 6.26. The Morgan fingerprint density at radius 1 is 1.21 bits per heavy atom. The molecular weight excluding hydrogens is 446 g/mol. The summed E-state index contributed by atoms with van der Waals surface area (Å²) >= 11 is 3.25. The molecule has 152 valence electrons. The lowest BCUT2D eigenvalue weighted by Gasteiger charge is -2.16. The molecular formula is C20H19BrF2N4O2. The molecule has 1 N–H and O–H groups in total. The van der Waals surface area contributed by atoms with Crippen LogP contribution in [0.25, 0.3) is 0 Å². The van der Waals surface area contributed by atoms with E-state index in [1.165, 1.54) is 6.07 Å². The average molecular weight is 465 g/mol. The molecule has 0 spiro atoms. The number of rotatable bonds is 6. The first-order valence-corrected chi connectivity index (χ1v) is 9.51. The molecule has 1 aromatic carbocycles. The number of halogens is 3. The Labute approximate surface area is 174 Å². The molecule has 0 saturated carbocycles. The Balaban J connectivity index is 1.92. The molecule has 0 saturated heterocycles. The third kappa shape index (κ3) is 4.79. The van der Waals surface area contributed by atoms with Crippen LogP contribution in [0.4, 0.5) is 14.7 Å². The second kappa shape index (κ2) is 8.69. The number of benzene rings is 1. The Morgan fingerprint density at radius 2 is 1.90 bits per heavy atom. The van der Waals surface area contributed by atoms with Gasteiger partial charge in [-0.2, -0.15) is 0 Å². The summed E-state index contributed by atoms with van der Waals surface area (Å²) in [4.78, 5) is 25.3. The summed E-state index contributed by atoms with van der Waals surface area (Å²) in [5.41, 5.74) is 1.96. The standard InChI is InChI=1S/C20H19BrF2N4O2/c1-11-15(6-12-8-24-20(25-9-12)27(2)3)18(17(21)19(28)26-11)29-10-13-4-5-14(22)7-16(13)23/h4-5,7-9H,6,10H2,1-3H3,(H,26,28). The minimum atomic E-state index is -0.711. The number of hydrogen-bond donors (Lipinski definition) is 1. The number of nitrogens with one attached hydrogen (secondary N) is 1. The van der Waals surface area contributed by atoms with Gasteiger partial charge in [-0.1, -0.05) is 0 Å². The van der Waals surface area contributed by atoms with Crippen LogP contribution in [0.5, 0.6) is 5.75 Å². The summed E-state index contributed by atoms with van der Waals surface area (Å²) in [5, 5.41) is 0. The maximum Gasteiger partial charge on any atom is 0.266 e. The van der Waals surface area contributed by atoms with E-state index in [0.717, 1.165) is 17.7 Å². The summed E-state index contributed by atoms with van der Waals surface area (Å²) in [6.45, 7) is 1.60. The van der Waals surface area contributed by atoms with Crippen LogP contribution in [0.1, 0.15) is 22.4 Å². The Morgan fingerprint density at radius 3 is 2.52 bits per heavy atom. The monoisotopic (exact) mass is 464 g/mol. The largest absolute Gasteiger partial charge is 0.487 e. The highest BCUT2D eigenvalue weighted by molar-refractivity contribution is 9.10. The van der Waals surface area contributed by atoms with E-state index in [2.05, 4.69) is 30.9 Å². The summed E-state index contributed by atoms with van der Waals surface area (Å²) < 4.78 is 33.1. The molecule has 3 rings (SSSR count). The molecule has 2 heterocycles. The van der Waals surface area contributed by atoms with Crippen molar-refractivity contribution in [1.82, 2.24) is 15.0 Å². The second-order valence-electron chi connectivity index (χ2n) is 6.69. The number of aryl methyl sites for hydroxylation is 1. The molecule has 6 nitrogen and oxygen atoms in total. The highest BCUT2D eigenvalue weighted by atomic mass is 79.9. The van der Waals surface area contributed by atoms with Crippen molar-refractivity contribution in [2.24, 2.45) is 0 Å². The van der Waals surface area contributed by atoms with E-state index in [-0.39, 0.29) is 22.2 Å². The maximum absolute atomic E-state index is 13.9.